The Bertz CT molecular complexity index is 381. The summed E-state index contributed by atoms with van der Waals surface area (Å²) in [5.74, 6) is 0. The quantitative estimate of drug-likeness (QED) is 0.812. The van der Waals surface area contributed by atoms with Gasteiger partial charge in [-0.25, -0.2) is 4.79 Å². The summed E-state index contributed by atoms with van der Waals surface area (Å²) < 4.78 is 5.53. The smallest absolute Gasteiger partial charge is 0.410 e. The van der Waals surface area contributed by atoms with E-state index < -0.39 is 6.09 Å². The number of halogens is 1. The normalized spacial score (nSPS) is 10.0. The van der Waals surface area contributed by atoms with Gasteiger partial charge in [-0.2, -0.15) is 0 Å². The Hall–Kier alpha value is -1.04. The van der Waals surface area contributed by atoms with E-state index in [-0.39, 0.29) is 13.2 Å². The van der Waals surface area contributed by atoms with Crippen molar-refractivity contribution in [1.82, 2.24) is 4.90 Å². The SMILES string of the molecule is C=CCN(Cc1ccc(Cl)s1)C(=O)OCCO. The Morgan fingerprint density at radius 1 is 1.65 bits per heavy atom. The van der Waals surface area contributed by atoms with Gasteiger partial charge in [0.1, 0.15) is 6.61 Å². The number of amides is 1. The van der Waals surface area contributed by atoms with Crippen molar-refractivity contribution in [3.8, 4) is 0 Å². The lowest BCUT2D eigenvalue weighted by atomic mass is 10.4. The van der Waals surface area contributed by atoms with Crippen LogP contribution in [0.15, 0.2) is 24.8 Å². The highest BCUT2D eigenvalue weighted by atomic mass is 35.5. The fourth-order valence-corrected chi connectivity index (χ4v) is 2.31. The topological polar surface area (TPSA) is 49.8 Å². The van der Waals surface area contributed by atoms with Crippen molar-refractivity contribution in [2.75, 3.05) is 19.8 Å². The van der Waals surface area contributed by atoms with Crippen LogP contribution in [0.1, 0.15) is 4.88 Å². The zero-order chi connectivity index (χ0) is 12.7. The number of aliphatic hydroxyl groups is 1. The molecule has 17 heavy (non-hydrogen) atoms. The third-order valence-electron chi connectivity index (χ3n) is 1.90. The molecule has 0 bridgehead atoms. The average molecular weight is 276 g/mol. The number of ether oxygens (including phenoxy) is 1. The molecule has 4 nitrogen and oxygen atoms in total. The molecule has 1 N–H and O–H groups in total. The minimum absolute atomic E-state index is 0.00231. The molecule has 0 saturated heterocycles. The monoisotopic (exact) mass is 275 g/mol. The fourth-order valence-electron chi connectivity index (χ4n) is 1.21. The number of carbonyl (C=O) groups is 1. The summed E-state index contributed by atoms with van der Waals surface area (Å²) in [6.45, 7) is 4.22. The van der Waals surface area contributed by atoms with Crippen LogP contribution in [0, 0.1) is 0 Å². The van der Waals surface area contributed by atoms with Crippen LogP contribution >= 0.6 is 22.9 Å². The molecule has 1 aromatic rings. The number of hydrogen-bond donors (Lipinski definition) is 1. The van der Waals surface area contributed by atoms with E-state index in [0.717, 1.165) is 4.88 Å². The maximum Gasteiger partial charge on any atom is 0.410 e. The van der Waals surface area contributed by atoms with E-state index in [4.69, 9.17) is 21.4 Å². The minimum Gasteiger partial charge on any atom is -0.447 e. The Balaban J connectivity index is 2.58. The summed E-state index contributed by atoms with van der Waals surface area (Å²) >= 11 is 7.23. The van der Waals surface area contributed by atoms with Crippen LogP contribution in [-0.2, 0) is 11.3 Å². The van der Waals surface area contributed by atoms with Crippen LogP contribution in [0.5, 0.6) is 0 Å². The van der Waals surface area contributed by atoms with Gasteiger partial charge in [-0.3, -0.25) is 4.90 Å². The third-order valence-corrected chi connectivity index (χ3v) is 3.12. The van der Waals surface area contributed by atoms with Crippen LogP contribution < -0.4 is 0 Å². The first kappa shape index (κ1) is 14.0. The summed E-state index contributed by atoms with van der Waals surface area (Å²) in [6, 6.07) is 3.65. The summed E-state index contributed by atoms with van der Waals surface area (Å²) in [7, 11) is 0. The van der Waals surface area contributed by atoms with Crippen molar-refractivity contribution in [1.29, 1.82) is 0 Å². The van der Waals surface area contributed by atoms with Gasteiger partial charge in [-0.1, -0.05) is 17.7 Å². The fraction of sp³-hybridized carbons (Fsp3) is 0.364. The van der Waals surface area contributed by atoms with Crippen LogP contribution in [-0.4, -0.2) is 35.9 Å². The molecule has 6 heteroatoms. The maximum absolute atomic E-state index is 11.6. The number of rotatable bonds is 6. The number of nitrogens with zero attached hydrogens (tertiary/aromatic N) is 1. The van der Waals surface area contributed by atoms with Gasteiger partial charge in [0, 0.05) is 11.4 Å². The summed E-state index contributed by atoms with van der Waals surface area (Å²) in [6.07, 6.45) is 1.15. The molecule has 0 aliphatic rings. The van der Waals surface area contributed by atoms with Crippen LogP contribution in [0.25, 0.3) is 0 Å². The first-order chi connectivity index (χ1) is 8.17. The second kappa shape index (κ2) is 7.32. The van der Waals surface area contributed by atoms with Crippen molar-refractivity contribution in [3.63, 3.8) is 0 Å². The summed E-state index contributed by atoms with van der Waals surface area (Å²) in [4.78, 5) is 14.1. The predicted octanol–water partition coefficient (Wildman–Crippen LogP) is 2.52. The van der Waals surface area contributed by atoms with E-state index >= 15 is 0 Å². The lowest BCUT2D eigenvalue weighted by Gasteiger charge is -2.19. The molecular formula is C11H14ClNO3S. The van der Waals surface area contributed by atoms with Gasteiger partial charge >= 0.3 is 6.09 Å². The zero-order valence-electron chi connectivity index (χ0n) is 9.26. The van der Waals surface area contributed by atoms with E-state index in [1.54, 1.807) is 12.1 Å². The molecule has 0 radical (unpaired) electrons. The first-order valence-corrected chi connectivity index (χ1v) is 6.24. The second-order valence-electron chi connectivity index (χ2n) is 3.21. The molecule has 1 rings (SSSR count). The van der Waals surface area contributed by atoms with Crippen molar-refractivity contribution in [2.45, 2.75) is 6.54 Å². The van der Waals surface area contributed by atoms with Gasteiger partial charge in [0.2, 0.25) is 0 Å². The highest BCUT2D eigenvalue weighted by Gasteiger charge is 2.14. The Labute approximate surface area is 109 Å². The van der Waals surface area contributed by atoms with Gasteiger partial charge in [-0.05, 0) is 12.1 Å². The van der Waals surface area contributed by atoms with E-state index in [9.17, 15) is 4.79 Å². The highest BCUT2D eigenvalue weighted by Crippen LogP contribution is 2.22. The van der Waals surface area contributed by atoms with Crippen molar-refractivity contribution >= 4 is 29.0 Å². The molecule has 0 aliphatic heterocycles. The third kappa shape index (κ3) is 4.77. The molecular weight excluding hydrogens is 262 g/mol. The standard InChI is InChI=1S/C11H14ClNO3S/c1-2-5-13(11(15)16-7-6-14)8-9-3-4-10(12)17-9/h2-4,14H,1,5-8H2. The lowest BCUT2D eigenvalue weighted by molar-refractivity contribution is 0.0857. The molecule has 94 valence electrons. The Morgan fingerprint density at radius 3 is 2.94 bits per heavy atom. The molecule has 0 aromatic carbocycles. The number of carbonyl (C=O) groups excluding carboxylic acids is 1. The maximum atomic E-state index is 11.6. The van der Waals surface area contributed by atoms with Gasteiger partial charge in [0.25, 0.3) is 0 Å². The predicted molar refractivity (Wildman–Crippen MR) is 68.4 cm³/mol. The van der Waals surface area contributed by atoms with Crippen LogP contribution in [0.3, 0.4) is 0 Å². The minimum atomic E-state index is -0.469. The highest BCUT2D eigenvalue weighted by molar-refractivity contribution is 7.16. The van der Waals surface area contributed by atoms with Crippen molar-refractivity contribution in [3.05, 3.63) is 34.0 Å². The van der Waals surface area contributed by atoms with E-state index in [0.29, 0.717) is 17.4 Å². The number of hydrogen-bond acceptors (Lipinski definition) is 4. The van der Waals surface area contributed by atoms with Gasteiger partial charge < -0.3 is 9.84 Å². The van der Waals surface area contributed by atoms with Crippen LogP contribution in [0.2, 0.25) is 4.34 Å². The van der Waals surface area contributed by atoms with E-state index in [1.807, 2.05) is 6.07 Å². The lowest BCUT2D eigenvalue weighted by Crippen LogP contribution is -2.31. The van der Waals surface area contributed by atoms with Crippen molar-refractivity contribution in [2.24, 2.45) is 0 Å². The molecule has 0 aliphatic carbocycles. The molecule has 1 amide bonds. The number of thiophene rings is 1. The van der Waals surface area contributed by atoms with Gasteiger partial charge in [0.05, 0.1) is 17.5 Å². The van der Waals surface area contributed by atoms with E-state index in [1.165, 1.54) is 16.2 Å². The second-order valence-corrected chi connectivity index (χ2v) is 5.01. The average Bonchev–Trinajstić information content (AvgIpc) is 2.71. The van der Waals surface area contributed by atoms with Crippen molar-refractivity contribution < 1.29 is 14.6 Å². The molecule has 0 saturated carbocycles. The molecule has 0 fully saturated rings. The Morgan fingerprint density at radius 2 is 2.41 bits per heavy atom. The Kier molecular flexibility index (Phi) is 6.04. The number of aliphatic hydroxyl groups excluding tert-OH is 1. The first-order valence-electron chi connectivity index (χ1n) is 5.05. The van der Waals surface area contributed by atoms with Gasteiger partial charge in [-0.15, -0.1) is 17.9 Å². The molecule has 0 atom stereocenters. The molecule has 0 unspecified atom stereocenters. The largest absolute Gasteiger partial charge is 0.447 e. The summed E-state index contributed by atoms with van der Waals surface area (Å²) in [5.41, 5.74) is 0. The zero-order valence-corrected chi connectivity index (χ0v) is 10.8. The molecule has 1 aromatic heterocycles. The van der Waals surface area contributed by atoms with Crippen LogP contribution in [0.4, 0.5) is 4.79 Å². The molecule has 0 spiro atoms. The summed E-state index contributed by atoms with van der Waals surface area (Å²) in [5, 5.41) is 8.59. The van der Waals surface area contributed by atoms with Gasteiger partial charge in [0.15, 0.2) is 0 Å². The molecule has 1 heterocycles. The van der Waals surface area contributed by atoms with E-state index in [2.05, 4.69) is 6.58 Å².